The third kappa shape index (κ3) is 2.42. The molecule has 4 nitrogen and oxygen atoms in total. The number of nitrogens with two attached hydrogens (primary N) is 2. The molecule has 1 aliphatic heterocycles. The van der Waals surface area contributed by atoms with Crippen molar-refractivity contribution in [3.8, 4) is 0 Å². The Bertz CT molecular complexity index is 126. The first-order valence-corrected chi connectivity index (χ1v) is 4.47. The second-order valence-corrected chi connectivity index (χ2v) is 3.33. The van der Waals surface area contributed by atoms with Gasteiger partial charge in [0.15, 0.2) is 0 Å². The van der Waals surface area contributed by atoms with Gasteiger partial charge in [0, 0.05) is 25.8 Å². The van der Waals surface area contributed by atoms with Crippen LogP contribution in [-0.2, 0) is 4.74 Å². The molecule has 2 unspecified atom stereocenters. The normalized spacial score (nSPS) is 25.2. The minimum Gasteiger partial charge on any atom is -0.390 e. The number of ether oxygens (including phenoxy) is 1. The lowest BCUT2D eigenvalue weighted by Crippen LogP contribution is -2.46. The third-order valence-corrected chi connectivity index (χ3v) is 2.50. The molecule has 0 bridgehead atoms. The van der Waals surface area contributed by atoms with Crippen molar-refractivity contribution in [1.29, 1.82) is 0 Å². The standard InChI is InChI=1S/C8H18N2O2/c9-5-7(11)8(10)6-1-3-12-4-2-6/h6-8,11H,1-5,9-10H2. The van der Waals surface area contributed by atoms with Gasteiger partial charge in [0.05, 0.1) is 6.10 Å². The molecule has 4 heteroatoms. The summed E-state index contributed by atoms with van der Waals surface area (Å²) in [5.74, 6) is 0.372. The zero-order valence-corrected chi connectivity index (χ0v) is 7.28. The van der Waals surface area contributed by atoms with Gasteiger partial charge in [0.2, 0.25) is 0 Å². The van der Waals surface area contributed by atoms with Crippen LogP contribution in [0.1, 0.15) is 12.8 Å². The van der Waals surface area contributed by atoms with E-state index >= 15 is 0 Å². The first kappa shape index (κ1) is 9.92. The monoisotopic (exact) mass is 174 g/mol. The van der Waals surface area contributed by atoms with Gasteiger partial charge >= 0.3 is 0 Å². The maximum Gasteiger partial charge on any atom is 0.0815 e. The summed E-state index contributed by atoms with van der Waals surface area (Å²) in [5.41, 5.74) is 11.1. The van der Waals surface area contributed by atoms with Gasteiger partial charge in [-0.1, -0.05) is 0 Å². The van der Waals surface area contributed by atoms with E-state index in [-0.39, 0.29) is 12.6 Å². The Morgan fingerprint density at radius 2 is 2.00 bits per heavy atom. The number of hydrogen-bond acceptors (Lipinski definition) is 4. The summed E-state index contributed by atoms with van der Waals surface area (Å²) in [6.45, 7) is 1.77. The molecule has 0 aromatic rings. The van der Waals surface area contributed by atoms with Gasteiger partial charge in [-0.3, -0.25) is 0 Å². The largest absolute Gasteiger partial charge is 0.390 e. The highest BCUT2D eigenvalue weighted by molar-refractivity contribution is 4.81. The van der Waals surface area contributed by atoms with E-state index in [4.69, 9.17) is 16.2 Å². The summed E-state index contributed by atoms with van der Waals surface area (Å²) in [6.07, 6.45) is 1.32. The molecule has 0 amide bonds. The van der Waals surface area contributed by atoms with Crippen molar-refractivity contribution in [3.05, 3.63) is 0 Å². The van der Waals surface area contributed by atoms with Gasteiger partial charge in [0.25, 0.3) is 0 Å². The lowest BCUT2D eigenvalue weighted by Gasteiger charge is -2.30. The van der Waals surface area contributed by atoms with E-state index in [9.17, 15) is 5.11 Å². The molecule has 0 aliphatic carbocycles. The van der Waals surface area contributed by atoms with E-state index in [0.717, 1.165) is 26.1 Å². The Labute approximate surface area is 72.9 Å². The quantitative estimate of drug-likeness (QED) is 0.516. The zero-order valence-electron chi connectivity index (χ0n) is 7.28. The van der Waals surface area contributed by atoms with Gasteiger partial charge in [0.1, 0.15) is 0 Å². The Morgan fingerprint density at radius 1 is 1.42 bits per heavy atom. The molecular formula is C8H18N2O2. The molecule has 0 saturated carbocycles. The van der Waals surface area contributed by atoms with Crippen LogP contribution in [0.5, 0.6) is 0 Å². The number of hydrogen-bond donors (Lipinski definition) is 3. The average molecular weight is 174 g/mol. The smallest absolute Gasteiger partial charge is 0.0815 e. The van der Waals surface area contributed by atoms with Gasteiger partial charge in [-0.2, -0.15) is 0 Å². The van der Waals surface area contributed by atoms with Gasteiger partial charge in [-0.25, -0.2) is 0 Å². The molecule has 1 rings (SSSR count). The number of rotatable bonds is 3. The summed E-state index contributed by atoms with van der Waals surface area (Å²) in [6, 6.07) is -0.182. The van der Waals surface area contributed by atoms with Gasteiger partial charge in [-0.15, -0.1) is 0 Å². The SMILES string of the molecule is NCC(O)C(N)C1CCOCC1. The Morgan fingerprint density at radius 3 is 2.50 bits per heavy atom. The summed E-state index contributed by atoms with van der Waals surface area (Å²) < 4.78 is 5.19. The molecule has 0 aromatic heterocycles. The van der Waals surface area contributed by atoms with Crippen molar-refractivity contribution in [2.24, 2.45) is 17.4 Å². The van der Waals surface area contributed by atoms with E-state index in [1.54, 1.807) is 0 Å². The van der Waals surface area contributed by atoms with Crippen molar-refractivity contribution in [1.82, 2.24) is 0 Å². The van der Waals surface area contributed by atoms with Crippen LogP contribution in [0, 0.1) is 5.92 Å². The van der Waals surface area contributed by atoms with E-state index in [0.29, 0.717) is 5.92 Å². The van der Waals surface area contributed by atoms with Gasteiger partial charge < -0.3 is 21.3 Å². The lowest BCUT2D eigenvalue weighted by molar-refractivity contribution is 0.0334. The van der Waals surface area contributed by atoms with Crippen molar-refractivity contribution in [3.63, 3.8) is 0 Å². The molecule has 12 heavy (non-hydrogen) atoms. The topological polar surface area (TPSA) is 81.5 Å². The van der Waals surface area contributed by atoms with Crippen molar-refractivity contribution < 1.29 is 9.84 Å². The molecule has 1 aliphatic rings. The second-order valence-electron chi connectivity index (χ2n) is 3.33. The van der Waals surface area contributed by atoms with Crippen LogP contribution >= 0.6 is 0 Å². The highest BCUT2D eigenvalue weighted by Crippen LogP contribution is 2.18. The average Bonchev–Trinajstić information content (AvgIpc) is 2.17. The first-order chi connectivity index (χ1) is 5.75. The van der Waals surface area contributed by atoms with Gasteiger partial charge in [-0.05, 0) is 18.8 Å². The highest BCUT2D eigenvalue weighted by Gasteiger charge is 2.25. The molecule has 1 saturated heterocycles. The van der Waals surface area contributed by atoms with E-state index in [1.165, 1.54) is 0 Å². The molecule has 5 N–H and O–H groups in total. The first-order valence-electron chi connectivity index (χ1n) is 4.47. The fraction of sp³-hybridized carbons (Fsp3) is 1.00. The van der Waals surface area contributed by atoms with Crippen LogP contribution in [-0.4, -0.2) is 37.0 Å². The Hall–Kier alpha value is -0.160. The molecule has 0 radical (unpaired) electrons. The van der Waals surface area contributed by atoms with Crippen LogP contribution in [0.4, 0.5) is 0 Å². The number of aliphatic hydroxyl groups excluding tert-OH is 1. The molecule has 72 valence electrons. The predicted octanol–water partition coefficient (Wildman–Crippen LogP) is -0.940. The molecular weight excluding hydrogens is 156 g/mol. The van der Waals surface area contributed by atoms with Crippen LogP contribution in [0.15, 0.2) is 0 Å². The van der Waals surface area contributed by atoms with Crippen LogP contribution in [0.25, 0.3) is 0 Å². The van der Waals surface area contributed by atoms with Crippen LogP contribution in [0.2, 0.25) is 0 Å². The summed E-state index contributed by atoms with van der Waals surface area (Å²) in [5, 5.41) is 9.39. The lowest BCUT2D eigenvalue weighted by atomic mass is 9.89. The minimum atomic E-state index is -0.562. The molecule has 0 spiro atoms. The third-order valence-electron chi connectivity index (χ3n) is 2.50. The van der Waals surface area contributed by atoms with Crippen LogP contribution < -0.4 is 11.5 Å². The molecule has 2 atom stereocenters. The summed E-state index contributed by atoms with van der Waals surface area (Å²) in [4.78, 5) is 0. The Balaban J connectivity index is 2.33. The molecule has 1 fully saturated rings. The van der Waals surface area contributed by atoms with Crippen molar-refractivity contribution in [2.75, 3.05) is 19.8 Å². The Kier molecular flexibility index (Phi) is 3.94. The van der Waals surface area contributed by atoms with E-state index < -0.39 is 6.10 Å². The predicted molar refractivity (Wildman–Crippen MR) is 46.6 cm³/mol. The van der Waals surface area contributed by atoms with E-state index in [2.05, 4.69) is 0 Å². The minimum absolute atomic E-state index is 0.182. The maximum absolute atomic E-state index is 9.39. The zero-order chi connectivity index (χ0) is 8.97. The van der Waals surface area contributed by atoms with E-state index in [1.807, 2.05) is 0 Å². The second kappa shape index (κ2) is 4.77. The highest BCUT2D eigenvalue weighted by atomic mass is 16.5. The summed E-state index contributed by atoms with van der Waals surface area (Å²) >= 11 is 0. The van der Waals surface area contributed by atoms with Crippen molar-refractivity contribution >= 4 is 0 Å². The fourth-order valence-corrected chi connectivity index (χ4v) is 1.57. The molecule has 0 aromatic carbocycles. The number of aliphatic hydroxyl groups is 1. The maximum atomic E-state index is 9.39. The molecule has 1 heterocycles. The summed E-state index contributed by atoms with van der Waals surface area (Å²) in [7, 11) is 0. The van der Waals surface area contributed by atoms with Crippen LogP contribution in [0.3, 0.4) is 0 Å². The van der Waals surface area contributed by atoms with Crippen molar-refractivity contribution in [2.45, 2.75) is 25.0 Å². The fourth-order valence-electron chi connectivity index (χ4n) is 1.57.